The fourth-order valence-electron chi connectivity index (χ4n) is 6.11. The topological polar surface area (TPSA) is 103 Å². The van der Waals surface area contributed by atoms with Crippen molar-refractivity contribution in [3.05, 3.63) is 68.9 Å². The largest absolute Gasteiger partial charge is 0.496 e. The molecule has 244 valence electrons. The molecule has 4 heterocycles. The molecule has 1 aliphatic heterocycles. The van der Waals surface area contributed by atoms with Gasteiger partial charge < -0.3 is 19.3 Å². The van der Waals surface area contributed by atoms with Gasteiger partial charge in [-0.05, 0) is 83.7 Å². The molecule has 10 nitrogen and oxygen atoms in total. The molecule has 5 rings (SSSR count). The molecular weight excluding hydrogens is 604 g/mol. The minimum Gasteiger partial charge on any atom is -0.496 e. The Bertz CT molecular complexity index is 1870. The van der Waals surface area contributed by atoms with E-state index in [1.165, 1.54) is 0 Å². The van der Waals surface area contributed by atoms with Crippen molar-refractivity contribution in [2.45, 2.75) is 85.9 Å². The van der Waals surface area contributed by atoms with E-state index in [4.69, 9.17) is 31.0 Å². The van der Waals surface area contributed by atoms with Crippen LogP contribution in [-0.2, 0) is 4.74 Å². The van der Waals surface area contributed by atoms with Crippen LogP contribution in [0.2, 0.25) is 5.02 Å². The van der Waals surface area contributed by atoms with E-state index < -0.39 is 11.3 Å². The summed E-state index contributed by atoms with van der Waals surface area (Å²) >= 11 is 7.04. The number of para-hydroxylation sites is 1. The maximum Gasteiger partial charge on any atom is 0.410 e. The van der Waals surface area contributed by atoms with Gasteiger partial charge in [-0.3, -0.25) is 4.98 Å². The average molecular weight is 647 g/mol. The zero-order valence-electron chi connectivity index (χ0n) is 28.3. The predicted molar refractivity (Wildman–Crippen MR) is 183 cm³/mol. The van der Waals surface area contributed by atoms with E-state index in [1.807, 2.05) is 92.6 Å². The summed E-state index contributed by atoms with van der Waals surface area (Å²) in [5.41, 5.74) is 3.74. The number of aryl methyl sites for hydroxylation is 2. The molecule has 0 radical (unpaired) electrons. The molecule has 1 amide bonds. The summed E-state index contributed by atoms with van der Waals surface area (Å²) in [6.45, 7) is 18.4. The zero-order chi connectivity index (χ0) is 33.7. The van der Waals surface area contributed by atoms with Crippen molar-refractivity contribution >= 4 is 34.5 Å². The van der Waals surface area contributed by atoms with Gasteiger partial charge in [-0.15, -0.1) is 0 Å². The Morgan fingerprint density at radius 3 is 2.41 bits per heavy atom. The number of hydrogen-bond donors (Lipinski definition) is 0. The molecule has 1 saturated heterocycles. The summed E-state index contributed by atoms with van der Waals surface area (Å²) in [6.07, 6.45) is 1.39. The van der Waals surface area contributed by atoms with Crippen LogP contribution >= 0.6 is 11.6 Å². The predicted octanol–water partition coefficient (Wildman–Crippen LogP) is 7.08. The van der Waals surface area contributed by atoms with Crippen molar-refractivity contribution in [1.82, 2.24) is 24.4 Å². The van der Waals surface area contributed by atoms with Crippen LogP contribution in [0.25, 0.3) is 28.0 Å². The molecule has 0 saturated carbocycles. The third-order valence-electron chi connectivity index (χ3n) is 8.28. The molecule has 1 aliphatic rings. The van der Waals surface area contributed by atoms with E-state index in [0.29, 0.717) is 57.7 Å². The van der Waals surface area contributed by atoms with Crippen LogP contribution in [0.4, 0.5) is 10.6 Å². The smallest absolute Gasteiger partial charge is 0.410 e. The Morgan fingerprint density at radius 1 is 1.04 bits per heavy atom. The standard InChI is InChI=1S/C35H43ClN6O4/c1-19(2)27-29(20(3)14-15-37-27)42-32-25(16-26(36)28(38-32)24-13-11-12-21(4)30(24)45-10)31(39-33(42)43)40-17-23(6)41(18-22(40)5)34(44)46-35(7,8)9/h11-16,19,22-23H,17-18H2,1-10H3/t22-,23+/m0/s1. The molecular formula is C35H43ClN6O4. The van der Waals surface area contributed by atoms with Crippen LogP contribution in [0.15, 0.2) is 41.3 Å². The van der Waals surface area contributed by atoms with Gasteiger partial charge >= 0.3 is 11.8 Å². The molecule has 4 aromatic rings. The lowest BCUT2D eigenvalue weighted by molar-refractivity contribution is 0.0130. The summed E-state index contributed by atoms with van der Waals surface area (Å²) in [6, 6.07) is 9.11. The molecule has 1 aromatic carbocycles. The quantitative estimate of drug-likeness (QED) is 0.227. The monoisotopic (exact) mass is 646 g/mol. The number of carbonyl (C=O) groups excluding carboxylic acids is 1. The van der Waals surface area contributed by atoms with Crippen LogP contribution in [0, 0.1) is 13.8 Å². The van der Waals surface area contributed by atoms with Gasteiger partial charge in [-0.2, -0.15) is 4.98 Å². The summed E-state index contributed by atoms with van der Waals surface area (Å²) in [7, 11) is 1.62. The molecule has 0 spiro atoms. The van der Waals surface area contributed by atoms with Crippen LogP contribution in [0.5, 0.6) is 5.75 Å². The third kappa shape index (κ3) is 6.15. The van der Waals surface area contributed by atoms with Crippen LogP contribution in [0.1, 0.15) is 71.2 Å². The lowest BCUT2D eigenvalue weighted by atomic mass is 10.0. The molecule has 11 heteroatoms. The van der Waals surface area contributed by atoms with Crippen LogP contribution in [-0.4, -0.2) is 68.4 Å². The Balaban J connectivity index is 1.77. The summed E-state index contributed by atoms with van der Waals surface area (Å²) < 4.78 is 13.0. The highest BCUT2D eigenvalue weighted by molar-refractivity contribution is 6.34. The second-order valence-corrected chi connectivity index (χ2v) is 13.8. The van der Waals surface area contributed by atoms with E-state index in [0.717, 1.165) is 16.8 Å². The minimum absolute atomic E-state index is 0.0296. The number of pyridine rings is 2. The van der Waals surface area contributed by atoms with Gasteiger partial charge in [0.15, 0.2) is 5.65 Å². The maximum atomic E-state index is 14.3. The summed E-state index contributed by atoms with van der Waals surface area (Å²) in [5.74, 6) is 1.15. The fraction of sp³-hybridized carbons (Fsp3) is 0.457. The van der Waals surface area contributed by atoms with Gasteiger partial charge in [0, 0.05) is 36.9 Å². The van der Waals surface area contributed by atoms with E-state index in [-0.39, 0.29) is 24.1 Å². The highest BCUT2D eigenvalue weighted by Crippen LogP contribution is 2.39. The van der Waals surface area contributed by atoms with Crippen LogP contribution in [0.3, 0.4) is 0 Å². The van der Waals surface area contributed by atoms with E-state index in [9.17, 15) is 9.59 Å². The number of benzene rings is 1. The van der Waals surface area contributed by atoms with E-state index in [2.05, 4.69) is 9.88 Å². The van der Waals surface area contributed by atoms with Gasteiger partial charge in [0.2, 0.25) is 0 Å². The van der Waals surface area contributed by atoms with Gasteiger partial charge in [-0.1, -0.05) is 37.6 Å². The molecule has 0 unspecified atom stereocenters. The normalized spacial score (nSPS) is 17.1. The number of fused-ring (bicyclic) bond motifs is 1. The van der Waals surface area contributed by atoms with Crippen LogP contribution < -0.4 is 15.3 Å². The van der Waals surface area contributed by atoms with Crippen molar-refractivity contribution in [2.75, 3.05) is 25.1 Å². The minimum atomic E-state index is -0.612. The number of hydrogen-bond acceptors (Lipinski definition) is 8. The SMILES string of the molecule is COc1c(C)cccc1-c1nc2c(cc1Cl)c(N1C[C@@H](C)N(C(=O)OC(C)(C)C)C[C@@H]1C)nc(=O)n2-c1c(C)ccnc1C(C)C. The Hall–Kier alpha value is -4.18. The third-order valence-corrected chi connectivity index (χ3v) is 8.57. The van der Waals surface area contributed by atoms with Crippen molar-refractivity contribution in [3.63, 3.8) is 0 Å². The van der Waals surface area contributed by atoms with Crippen molar-refractivity contribution in [2.24, 2.45) is 0 Å². The number of methoxy groups -OCH3 is 1. The first-order valence-corrected chi connectivity index (χ1v) is 16.0. The van der Waals surface area contributed by atoms with E-state index in [1.54, 1.807) is 22.8 Å². The number of aromatic nitrogens is 4. The van der Waals surface area contributed by atoms with Crippen molar-refractivity contribution in [3.8, 4) is 22.7 Å². The first kappa shape index (κ1) is 33.2. The summed E-state index contributed by atoms with van der Waals surface area (Å²) in [5, 5.41) is 1.01. The average Bonchev–Trinajstić information content (AvgIpc) is 2.97. The van der Waals surface area contributed by atoms with Gasteiger partial charge in [0.1, 0.15) is 17.2 Å². The number of ether oxygens (including phenoxy) is 2. The zero-order valence-corrected chi connectivity index (χ0v) is 29.1. The number of anilines is 1. The number of amides is 1. The van der Waals surface area contributed by atoms with Crippen molar-refractivity contribution in [1.29, 1.82) is 0 Å². The first-order valence-electron chi connectivity index (χ1n) is 15.6. The number of piperazine rings is 1. The molecule has 1 fully saturated rings. The molecule has 2 atom stereocenters. The molecule has 3 aromatic heterocycles. The van der Waals surface area contributed by atoms with Gasteiger partial charge in [-0.25, -0.2) is 19.1 Å². The molecule has 0 bridgehead atoms. The maximum absolute atomic E-state index is 14.3. The molecule has 0 N–H and O–H groups in total. The first-order chi connectivity index (χ1) is 21.6. The van der Waals surface area contributed by atoms with Gasteiger partial charge in [0.05, 0.1) is 34.6 Å². The van der Waals surface area contributed by atoms with Gasteiger partial charge in [0.25, 0.3) is 0 Å². The molecule has 46 heavy (non-hydrogen) atoms. The Kier molecular flexibility index (Phi) is 9.05. The van der Waals surface area contributed by atoms with E-state index >= 15 is 0 Å². The second kappa shape index (κ2) is 12.5. The Morgan fingerprint density at radius 2 is 1.76 bits per heavy atom. The summed E-state index contributed by atoms with van der Waals surface area (Å²) in [4.78, 5) is 45.6. The lowest BCUT2D eigenvalue weighted by Crippen LogP contribution is -2.59. The number of halogens is 1. The lowest BCUT2D eigenvalue weighted by Gasteiger charge is -2.44. The second-order valence-electron chi connectivity index (χ2n) is 13.4. The number of carbonyl (C=O) groups is 1. The van der Waals surface area contributed by atoms with Crippen molar-refractivity contribution < 1.29 is 14.3 Å². The number of nitrogens with zero attached hydrogens (tertiary/aromatic N) is 6. The number of rotatable bonds is 5. The highest BCUT2D eigenvalue weighted by Gasteiger charge is 2.36. The Labute approximate surface area is 275 Å². The highest BCUT2D eigenvalue weighted by atomic mass is 35.5. The molecule has 0 aliphatic carbocycles. The fourth-order valence-corrected chi connectivity index (χ4v) is 6.36.